The number of amides is 1. The summed E-state index contributed by atoms with van der Waals surface area (Å²) in [6, 6.07) is 8.40. The van der Waals surface area contributed by atoms with Gasteiger partial charge in [-0.25, -0.2) is 9.59 Å². The molecule has 26 heavy (non-hydrogen) atoms. The topological polar surface area (TPSA) is 99.0 Å². The average Bonchev–Trinajstić information content (AvgIpc) is 2.61. The second kappa shape index (κ2) is 8.28. The van der Waals surface area contributed by atoms with E-state index in [0.29, 0.717) is 16.5 Å². The molecule has 0 aliphatic rings. The van der Waals surface area contributed by atoms with Crippen molar-refractivity contribution in [1.29, 1.82) is 0 Å². The summed E-state index contributed by atoms with van der Waals surface area (Å²) in [5.41, 5.74) is 0.252. The fraction of sp³-hybridized carbons (Fsp3) is 0.333. The Balaban J connectivity index is 2.64. The van der Waals surface area contributed by atoms with Gasteiger partial charge in [0.2, 0.25) is 0 Å². The molecule has 2 aromatic rings. The number of rotatable bonds is 6. The Morgan fingerprint density at radius 3 is 2.31 bits per heavy atom. The molecule has 0 fully saturated rings. The summed E-state index contributed by atoms with van der Waals surface area (Å²) in [4.78, 5) is 36.7. The van der Waals surface area contributed by atoms with Crippen molar-refractivity contribution in [2.24, 2.45) is 0 Å². The molecule has 2 rings (SSSR count). The number of fused-ring (bicyclic) bond motifs is 1. The van der Waals surface area contributed by atoms with E-state index in [4.69, 9.17) is 9.47 Å². The van der Waals surface area contributed by atoms with Crippen LogP contribution in [0.5, 0.6) is 0 Å². The minimum Gasteiger partial charge on any atom is -0.464 e. The lowest BCUT2D eigenvalue weighted by Crippen LogP contribution is -2.44. The van der Waals surface area contributed by atoms with E-state index in [-0.39, 0.29) is 18.9 Å². The molecule has 1 atom stereocenters. The summed E-state index contributed by atoms with van der Waals surface area (Å²) < 4.78 is 10.1. The molecule has 0 aromatic heterocycles. The van der Waals surface area contributed by atoms with Crippen molar-refractivity contribution < 1.29 is 24.0 Å². The van der Waals surface area contributed by atoms with Crippen LogP contribution in [0.2, 0.25) is 0 Å². The lowest BCUT2D eigenvalue weighted by molar-refractivity contribution is -0.383. The molecule has 0 spiro atoms. The van der Waals surface area contributed by atoms with Crippen LogP contribution in [0, 0.1) is 10.1 Å². The molecule has 0 saturated carbocycles. The molecular formula is C18H20N2O6. The van der Waals surface area contributed by atoms with E-state index in [1.165, 1.54) is 19.1 Å². The van der Waals surface area contributed by atoms with E-state index in [0.717, 1.165) is 4.90 Å². The van der Waals surface area contributed by atoms with Crippen molar-refractivity contribution in [3.05, 3.63) is 46.5 Å². The molecule has 0 radical (unpaired) electrons. The van der Waals surface area contributed by atoms with Crippen molar-refractivity contribution in [2.45, 2.75) is 26.8 Å². The van der Waals surface area contributed by atoms with Gasteiger partial charge in [-0.2, -0.15) is 0 Å². The van der Waals surface area contributed by atoms with Crippen LogP contribution < -0.4 is 4.90 Å². The highest BCUT2D eigenvalue weighted by Gasteiger charge is 2.31. The molecule has 0 N–H and O–H groups in total. The van der Waals surface area contributed by atoms with E-state index >= 15 is 0 Å². The van der Waals surface area contributed by atoms with E-state index in [1.807, 2.05) is 0 Å². The number of nitro benzene ring substituents is 1. The minimum atomic E-state index is -0.959. The molecule has 0 saturated heterocycles. The Morgan fingerprint density at radius 2 is 1.69 bits per heavy atom. The molecule has 8 heteroatoms. The number of carbonyl (C=O) groups excluding carboxylic acids is 2. The number of nitro groups is 1. The fourth-order valence-corrected chi connectivity index (χ4v) is 2.67. The fourth-order valence-electron chi connectivity index (χ4n) is 2.67. The SMILES string of the molecule is CCOC(=O)C(C)N(C(=O)OCC)c1cccc2c([N+](=O)[O-])cccc12. The van der Waals surface area contributed by atoms with Gasteiger partial charge in [-0.1, -0.05) is 18.2 Å². The van der Waals surface area contributed by atoms with E-state index < -0.39 is 23.0 Å². The van der Waals surface area contributed by atoms with E-state index in [9.17, 15) is 19.7 Å². The van der Waals surface area contributed by atoms with Crippen LogP contribution in [0.25, 0.3) is 10.8 Å². The first-order chi connectivity index (χ1) is 12.4. The summed E-state index contributed by atoms with van der Waals surface area (Å²) >= 11 is 0. The van der Waals surface area contributed by atoms with Crippen LogP contribution in [0.4, 0.5) is 16.2 Å². The van der Waals surface area contributed by atoms with Gasteiger partial charge in [-0.05, 0) is 32.9 Å². The van der Waals surface area contributed by atoms with Crippen molar-refractivity contribution >= 4 is 34.2 Å². The number of anilines is 1. The first-order valence-corrected chi connectivity index (χ1v) is 8.21. The van der Waals surface area contributed by atoms with Gasteiger partial charge in [-0.15, -0.1) is 0 Å². The number of esters is 1. The molecule has 2 aromatic carbocycles. The maximum Gasteiger partial charge on any atom is 0.415 e. The Bertz CT molecular complexity index is 836. The molecule has 1 amide bonds. The zero-order valence-electron chi connectivity index (χ0n) is 14.8. The highest BCUT2D eigenvalue weighted by Crippen LogP contribution is 2.34. The van der Waals surface area contributed by atoms with Crippen LogP contribution in [-0.4, -0.2) is 36.2 Å². The zero-order chi connectivity index (χ0) is 19.3. The smallest absolute Gasteiger partial charge is 0.415 e. The lowest BCUT2D eigenvalue weighted by atomic mass is 10.1. The van der Waals surface area contributed by atoms with Crippen LogP contribution in [-0.2, 0) is 14.3 Å². The molecule has 1 unspecified atom stereocenters. The van der Waals surface area contributed by atoms with Crippen molar-refractivity contribution in [3.63, 3.8) is 0 Å². The van der Waals surface area contributed by atoms with Crippen molar-refractivity contribution in [3.8, 4) is 0 Å². The van der Waals surface area contributed by atoms with Crippen molar-refractivity contribution in [2.75, 3.05) is 18.1 Å². The Kier molecular flexibility index (Phi) is 6.11. The first kappa shape index (κ1) is 19.2. The molecule has 8 nitrogen and oxygen atoms in total. The lowest BCUT2D eigenvalue weighted by Gasteiger charge is -2.28. The second-order valence-corrected chi connectivity index (χ2v) is 5.40. The van der Waals surface area contributed by atoms with Crippen LogP contribution in [0.1, 0.15) is 20.8 Å². The van der Waals surface area contributed by atoms with Crippen LogP contribution in [0.15, 0.2) is 36.4 Å². The third-order valence-corrected chi connectivity index (χ3v) is 3.81. The van der Waals surface area contributed by atoms with Gasteiger partial charge in [0.05, 0.1) is 29.2 Å². The summed E-state index contributed by atoms with van der Waals surface area (Å²) in [7, 11) is 0. The van der Waals surface area contributed by atoms with Gasteiger partial charge < -0.3 is 9.47 Å². The second-order valence-electron chi connectivity index (χ2n) is 5.40. The predicted octanol–water partition coefficient (Wildman–Crippen LogP) is 3.66. The number of nitrogens with zero attached hydrogens (tertiary/aromatic N) is 2. The predicted molar refractivity (Wildman–Crippen MR) is 96.2 cm³/mol. The molecule has 0 heterocycles. The number of non-ortho nitro benzene ring substituents is 1. The molecule has 0 aliphatic heterocycles. The van der Waals surface area contributed by atoms with Gasteiger partial charge in [0.1, 0.15) is 6.04 Å². The van der Waals surface area contributed by atoms with Gasteiger partial charge in [-0.3, -0.25) is 15.0 Å². The van der Waals surface area contributed by atoms with E-state index in [2.05, 4.69) is 0 Å². The van der Waals surface area contributed by atoms with Gasteiger partial charge in [0, 0.05) is 11.5 Å². The average molecular weight is 360 g/mol. The standard InChI is InChI=1S/C18H20N2O6/c1-4-25-17(21)12(3)19(18(22)26-5-2)15-10-6-9-14-13(15)8-7-11-16(14)20(23)24/h6-12H,4-5H2,1-3H3. The number of hydrogen-bond donors (Lipinski definition) is 0. The summed E-state index contributed by atoms with van der Waals surface area (Å²) in [6.07, 6.45) is -0.730. The number of ether oxygens (including phenoxy) is 2. The Hall–Kier alpha value is -3.16. The van der Waals surface area contributed by atoms with Gasteiger partial charge in [0.25, 0.3) is 5.69 Å². The molecule has 0 bridgehead atoms. The quantitative estimate of drug-likeness (QED) is 0.443. The summed E-state index contributed by atoms with van der Waals surface area (Å²) in [5.74, 6) is -0.594. The highest BCUT2D eigenvalue weighted by atomic mass is 16.6. The van der Waals surface area contributed by atoms with Crippen LogP contribution in [0.3, 0.4) is 0 Å². The number of hydrogen-bond acceptors (Lipinski definition) is 6. The highest BCUT2D eigenvalue weighted by molar-refractivity contribution is 6.07. The molecule has 138 valence electrons. The van der Waals surface area contributed by atoms with Crippen LogP contribution >= 0.6 is 0 Å². The van der Waals surface area contributed by atoms with Gasteiger partial charge >= 0.3 is 12.1 Å². The number of benzene rings is 2. The van der Waals surface area contributed by atoms with Crippen molar-refractivity contribution in [1.82, 2.24) is 0 Å². The maximum absolute atomic E-state index is 12.5. The van der Waals surface area contributed by atoms with E-state index in [1.54, 1.807) is 38.1 Å². The Morgan fingerprint density at radius 1 is 1.08 bits per heavy atom. The third-order valence-electron chi connectivity index (χ3n) is 3.81. The molecular weight excluding hydrogens is 340 g/mol. The maximum atomic E-state index is 12.5. The molecule has 0 aliphatic carbocycles. The zero-order valence-corrected chi connectivity index (χ0v) is 14.8. The minimum absolute atomic E-state index is 0.0862. The normalized spacial score (nSPS) is 11.7. The number of carbonyl (C=O) groups is 2. The monoisotopic (exact) mass is 360 g/mol. The largest absolute Gasteiger partial charge is 0.464 e. The Labute approximate surface area is 150 Å². The first-order valence-electron chi connectivity index (χ1n) is 8.21. The van der Waals surface area contributed by atoms with Gasteiger partial charge in [0.15, 0.2) is 0 Å². The third kappa shape index (κ3) is 3.74. The summed E-state index contributed by atoms with van der Waals surface area (Å²) in [5, 5.41) is 12.1. The summed E-state index contributed by atoms with van der Waals surface area (Å²) in [6.45, 7) is 5.13.